The quantitative estimate of drug-likeness (QED) is 0.471. The number of anilines is 1. The Hall–Kier alpha value is -2.92. The molecule has 184 valence electrons. The van der Waals surface area contributed by atoms with Crippen LogP contribution in [0.25, 0.3) is 10.4 Å². The van der Waals surface area contributed by atoms with Crippen LogP contribution in [0.1, 0.15) is 54.3 Å². The van der Waals surface area contributed by atoms with Crippen molar-refractivity contribution in [2.75, 3.05) is 32.5 Å². The summed E-state index contributed by atoms with van der Waals surface area (Å²) in [7, 11) is 4.03. The van der Waals surface area contributed by atoms with E-state index in [9.17, 15) is 5.11 Å². The van der Waals surface area contributed by atoms with Crippen LogP contribution in [0.4, 0.5) is 5.82 Å². The molecule has 3 heterocycles. The molecule has 0 atom stereocenters. The summed E-state index contributed by atoms with van der Waals surface area (Å²) in [6, 6.07) is 8.05. The van der Waals surface area contributed by atoms with Gasteiger partial charge >= 0.3 is 0 Å². The number of pyridine rings is 1. The maximum Gasteiger partial charge on any atom is 0.168 e. The molecule has 4 rings (SSSR count). The minimum atomic E-state index is -1.03. The molecule has 0 radical (unpaired) electrons. The average Bonchev–Trinajstić information content (AvgIpc) is 3.33. The fourth-order valence-corrected chi connectivity index (χ4v) is 5.10. The molecule has 2 aromatic heterocycles. The third kappa shape index (κ3) is 6.61. The van der Waals surface area contributed by atoms with Crippen molar-refractivity contribution in [1.29, 1.82) is 0 Å². The molecule has 2 N–H and O–H groups in total. The molecule has 1 fully saturated rings. The summed E-state index contributed by atoms with van der Waals surface area (Å²) in [5.74, 6) is 7.86. The van der Waals surface area contributed by atoms with Crippen LogP contribution in [0, 0.1) is 18.8 Å². The van der Waals surface area contributed by atoms with Gasteiger partial charge in [0.1, 0.15) is 12.2 Å². The molecule has 1 aromatic carbocycles. The van der Waals surface area contributed by atoms with E-state index in [1.54, 1.807) is 25.2 Å². The summed E-state index contributed by atoms with van der Waals surface area (Å²) < 4.78 is 6.25. The number of benzene rings is 1. The molecule has 0 spiro atoms. The van der Waals surface area contributed by atoms with E-state index in [0.717, 1.165) is 53.1 Å². The molecule has 6 nitrogen and oxygen atoms in total. The number of aryl methyl sites for hydroxylation is 1. The first-order valence-electron chi connectivity index (χ1n) is 12.0. The van der Waals surface area contributed by atoms with Crippen LogP contribution < -0.4 is 10.1 Å². The lowest BCUT2D eigenvalue weighted by Gasteiger charge is -2.27. The Kier molecular flexibility index (Phi) is 7.75. The minimum absolute atomic E-state index is 0.396. The van der Waals surface area contributed by atoms with Gasteiger partial charge in [-0.05, 0) is 83.1 Å². The first-order valence-corrected chi connectivity index (χ1v) is 12.8. The predicted octanol–water partition coefficient (Wildman–Crippen LogP) is 5.07. The van der Waals surface area contributed by atoms with Crippen molar-refractivity contribution in [3.05, 3.63) is 58.4 Å². The topological polar surface area (TPSA) is 70.5 Å². The van der Waals surface area contributed by atoms with E-state index in [0.29, 0.717) is 24.1 Å². The Morgan fingerprint density at radius 3 is 2.69 bits per heavy atom. The van der Waals surface area contributed by atoms with Crippen LogP contribution in [0.3, 0.4) is 0 Å². The van der Waals surface area contributed by atoms with Gasteiger partial charge in [0.25, 0.3) is 0 Å². The number of aromatic nitrogens is 2. The third-order valence-corrected chi connectivity index (χ3v) is 7.42. The molecular weight excluding hydrogens is 456 g/mol. The highest BCUT2D eigenvalue weighted by atomic mass is 32.1. The number of piperidine rings is 1. The van der Waals surface area contributed by atoms with Crippen LogP contribution >= 0.6 is 11.3 Å². The molecule has 7 heteroatoms. The average molecular weight is 491 g/mol. The fourth-order valence-electron chi connectivity index (χ4n) is 4.03. The first-order chi connectivity index (χ1) is 16.7. The molecule has 1 aliphatic rings. The number of ether oxygens (including phenoxy) is 1. The smallest absolute Gasteiger partial charge is 0.168 e. The lowest BCUT2D eigenvalue weighted by atomic mass is 9.98. The fraction of sp³-hybridized carbons (Fsp3) is 0.429. The normalized spacial score (nSPS) is 14.9. The zero-order valence-corrected chi connectivity index (χ0v) is 22.0. The number of thiazole rings is 1. The van der Waals surface area contributed by atoms with E-state index in [1.807, 2.05) is 43.7 Å². The van der Waals surface area contributed by atoms with E-state index in [1.165, 1.54) is 5.01 Å². The summed E-state index contributed by atoms with van der Waals surface area (Å²) >= 11 is 1.76. The second kappa shape index (κ2) is 10.8. The number of likely N-dealkylation sites (tertiary alicyclic amines) is 1. The number of hydrogen-bond donors (Lipinski definition) is 2. The molecule has 0 amide bonds. The summed E-state index contributed by atoms with van der Waals surface area (Å²) in [4.78, 5) is 12.8. The maximum absolute atomic E-state index is 9.90. The molecule has 1 aliphatic heterocycles. The van der Waals surface area contributed by atoms with E-state index in [4.69, 9.17) is 9.72 Å². The monoisotopic (exact) mass is 490 g/mol. The molecule has 0 aliphatic carbocycles. The van der Waals surface area contributed by atoms with Crippen molar-refractivity contribution >= 4 is 17.2 Å². The largest absolute Gasteiger partial charge is 0.485 e. The molecule has 3 aromatic rings. The molecule has 0 bridgehead atoms. The first kappa shape index (κ1) is 25.2. The summed E-state index contributed by atoms with van der Waals surface area (Å²) in [6.07, 6.45) is 6.16. The molecule has 35 heavy (non-hydrogen) atoms. The molecular formula is C28H34N4O2S. The van der Waals surface area contributed by atoms with Gasteiger partial charge in [-0.1, -0.05) is 17.9 Å². The lowest BCUT2D eigenvalue weighted by molar-refractivity contribution is 0.143. The van der Waals surface area contributed by atoms with Gasteiger partial charge in [-0.2, -0.15) is 0 Å². The number of rotatable bonds is 6. The second-order valence-electron chi connectivity index (χ2n) is 9.70. The van der Waals surface area contributed by atoms with Crippen molar-refractivity contribution in [3.63, 3.8) is 0 Å². The van der Waals surface area contributed by atoms with Gasteiger partial charge in [-0.3, -0.25) is 0 Å². The highest BCUT2D eigenvalue weighted by molar-refractivity contribution is 7.15. The van der Waals surface area contributed by atoms with E-state index < -0.39 is 5.60 Å². The summed E-state index contributed by atoms with van der Waals surface area (Å²) in [6.45, 7) is 8.06. The Bertz CT molecular complexity index is 1230. The van der Waals surface area contributed by atoms with Crippen LogP contribution in [0.2, 0.25) is 0 Å². The van der Waals surface area contributed by atoms with Crippen molar-refractivity contribution in [2.45, 2.75) is 51.7 Å². The number of nitrogens with one attached hydrogen (secondary N) is 1. The molecule has 0 saturated carbocycles. The van der Waals surface area contributed by atoms with Gasteiger partial charge in [-0.25, -0.2) is 9.97 Å². The third-order valence-electron chi connectivity index (χ3n) is 6.21. The predicted molar refractivity (Wildman–Crippen MR) is 143 cm³/mol. The maximum atomic E-state index is 9.90. The van der Waals surface area contributed by atoms with E-state index in [2.05, 4.69) is 41.0 Å². The summed E-state index contributed by atoms with van der Waals surface area (Å²) in [5.41, 5.74) is 3.00. The second-order valence-corrected chi connectivity index (χ2v) is 10.8. The van der Waals surface area contributed by atoms with Gasteiger partial charge in [0, 0.05) is 36.5 Å². The Morgan fingerprint density at radius 1 is 1.20 bits per heavy atom. The highest BCUT2D eigenvalue weighted by Gasteiger charge is 2.21. The zero-order chi connectivity index (χ0) is 25.0. The Balaban J connectivity index is 1.52. The number of hydrogen-bond acceptors (Lipinski definition) is 7. The summed E-state index contributed by atoms with van der Waals surface area (Å²) in [5, 5.41) is 14.2. The van der Waals surface area contributed by atoms with Gasteiger partial charge in [0.2, 0.25) is 0 Å². The Labute approximate surface area is 212 Å². The van der Waals surface area contributed by atoms with Crippen molar-refractivity contribution in [2.24, 2.45) is 0 Å². The van der Waals surface area contributed by atoms with Gasteiger partial charge in [0.05, 0.1) is 9.88 Å². The van der Waals surface area contributed by atoms with Gasteiger partial charge in [0.15, 0.2) is 11.6 Å². The van der Waals surface area contributed by atoms with Crippen molar-refractivity contribution in [3.8, 4) is 28.0 Å². The zero-order valence-electron chi connectivity index (χ0n) is 21.2. The van der Waals surface area contributed by atoms with Gasteiger partial charge in [-0.15, -0.1) is 11.3 Å². The molecule has 1 saturated heterocycles. The van der Waals surface area contributed by atoms with Crippen LogP contribution in [-0.4, -0.2) is 52.8 Å². The number of aliphatic hydroxyl groups is 1. The van der Waals surface area contributed by atoms with Gasteiger partial charge < -0.3 is 20.1 Å². The Morgan fingerprint density at radius 2 is 1.97 bits per heavy atom. The van der Waals surface area contributed by atoms with Crippen LogP contribution in [0.5, 0.6) is 5.75 Å². The minimum Gasteiger partial charge on any atom is -0.485 e. The lowest BCUT2D eigenvalue weighted by Crippen LogP contribution is -2.29. The van der Waals surface area contributed by atoms with Crippen molar-refractivity contribution < 1.29 is 9.84 Å². The molecule has 0 unspecified atom stereocenters. The number of nitrogens with zero attached hydrogens (tertiary/aromatic N) is 3. The SMILES string of the molecule is CNc1ncc(-c2cnc(C3CCN(C)CC3)s2)cc1OCc1cc(C#CC(C)(C)O)ccc1C. The van der Waals surface area contributed by atoms with Crippen molar-refractivity contribution in [1.82, 2.24) is 14.9 Å². The van der Waals surface area contributed by atoms with Crippen LogP contribution in [0.15, 0.2) is 36.7 Å². The highest BCUT2D eigenvalue weighted by Crippen LogP contribution is 2.36. The van der Waals surface area contributed by atoms with Crippen LogP contribution in [-0.2, 0) is 6.61 Å². The van der Waals surface area contributed by atoms with E-state index in [-0.39, 0.29) is 0 Å². The van der Waals surface area contributed by atoms with E-state index >= 15 is 0 Å². The standard InChI is InChI=1S/C28H34N4O2S/c1-19-6-7-20(8-11-28(2,3)33)14-23(19)18-34-24-15-22(16-30-26(24)29-4)25-17-31-27(35-25)21-9-12-32(5)13-10-21/h6-7,14-17,21,33H,9-10,12-13,18H2,1-5H3,(H,29,30).